The standard InChI is InChI=1S/H46P44.Y/c1-24(2)35(23)41(36(25(3)4)26(5)6)44(42(37(27(7)8)28(9)10)38(29(11)12)30(13)14)43(39(31(15)16)32(17)18)40(33(19)20)34(21)22;/h1-23H2;. The van der Waals surface area contributed by atoms with Gasteiger partial charge in [-0.1, -0.05) is 0 Å². The first-order chi connectivity index (χ1) is 19.9. The van der Waals surface area contributed by atoms with Crippen molar-refractivity contribution in [3.63, 3.8) is 0 Å². The van der Waals surface area contributed by atoms with Crippen LogP contribution >= 0.6 is 352 Å². The molecule has 269 valence electrons. The zero-order valence-corrected chi connectivity index (χ0v) is 71.4. The molecule has 0 saturated heterocycles. The fourth-order valence-corrected chi connectivity index (χ4v) is 606. The average Bonchev–Trinajstić information content (AvgIpc) is 2.80. The van der Waals surface area contributed by atoms with E-state index in [9.17, 15) is 0 Å². The molecule has 0 spiro atoms. The van der Waals surface area contributed by atoms with Crippen LogP contribution in [0.1, 0.15) is 0 Å². The quantitative estimate of drug-likeness (QED) is 0.107. The van der Waals surface area contributed by atoms with Gasteiger partial charge in [0, 0.05) is 32.7 Å². The summed E-state index contributed by atoms with van der Waals surface area (Å²) in [6.45, 7) is -2.62. The Labute approximate surface area is 378 Å². The SMILES string of the molecule is PP(P)P(P)P(P(P(P)P)P(P)P)P(P(P(P(P)P)P(P)P)P(P(P)P)P(P)P)P(P(P(P)P)P(P)P)P(P(P)P)P(P)P.[Y]. The van der Waals surface area contributed by atoms with Gasteiger partial charge in [0.1, 0.15) is 0 Å². The number of rotatable bonds is 20. The van der Waals surface area contributed by atoms with Crippen molar-refractivity contribution in [3.05, 3.63) is 0 Å². The molecule has 45 heteroatoms. The second-order valence-electron chi connectivity index (χ2n) is 6.92. The summed E-state index contributed by atoms with van der Waals surface area (Å²) in [6, 6.07) is 0. The summed E-state index contributed by atoms with van der Waals surface area (Å²) in [5.74, 6) is 0. The molecule has 0 aliphatic heterocycles. The van der Waals surface area contributed by atoms with Crippen molar-refractivity contribution in [2.24, 2.45) is 0 Å². The molecule has 0 rings (SSSR count). The van der Waals surface area contributed by atoms with E-state index in [1.54, 1.807) is 0 Å². The van der Waals surface area contributed by atoms with Gasteiger partial charge in [0.05, 0.1) is 0 Å². The monoisotopic (exact) mass is 1500 g/mol. The van der Waals surface area contributed by atoms with Gasteiger partial charge in [0.2, 0.25) is 0 Å². The van der Waals surface area contributed by atoms with Crippen LogP contribution in [-0.4, -0.2) is 0 Å². The van der Waals surface area contributed by atoms with E-state index in [0.29, 0.717) is 0 Å². The van der Waals surface area contributed by atoms with E-state index >= 15 is 0 Å². The molecule has 0 aliphatic rings. The van der Waals surface area contributed by atoms with Crippen LogP contribution in [0.4, 0.5) is 0 Å². The molecule has 0 heterocycles. The molecule has 0 aliphatic carbocycles. The summed E-state index contributed by atoms with van der Waals surface area (Å²) in [4.78, 5) is 0. The Morgan fingerprint density at radius 2 is 0.289 bits per heavy atom. The van der Waals surface area contributed by atoms with Gasteiger partial charge in [0.25, 0.3) is 0 Å². The molecule has 0 bridgehead atoms. The predicted molar refractivity (Wildman–Crippen MR) is 369 cm³/mol. The number of hydrogen-bond donors (Lipinski definition) is 0. The minimum atomic E-state index is -0.154. The first kappa shape index (κ1) is 67.1. The van der Waals surface area contributed by atoms with Crippen molar-refractivity contribution in [1.82, 2.24) is 0 Å². The van der Waals surface area contributed by atoms with Crippen molar-refractivity contribution in [1.29, 1.82) is 0 Å². The van der Waals surface area contributed by atoms with Gasteiger partial charge in [-0.2, -0.15) is 0 Å². The number of hydrogen-bond acceptors (Lipinski definition) is 0. The van der Waals surface area contributed by atoms with Crippen LogP contribution in [0.15, 0.2) is 0 Å². The smallest absolute Gasteiger partial charge is 0 e. The van der Waals surface area contributed by atoms with Crippen LogP contribution in [0, 0.1) is 0 Å². The minimum Gasteiger partial charge on any atom is -0.102 e. The Morgan fingerprint density at radius 1 is 0.156 bits per heavy atom. The molecule has 25 unspecified atom stereocenters. The normalized spacial score (nSPS) is 15.3. The molecule has 0 aromatic heterocycles. The first-order valence-electron chi connectivity index (χ1n) is 9.94. The molecule has 0 amide bonds. The van der Waals surface area contributed by atoms with Crippen LogP contribution in [0.5, 0.6) is 0 Å². The van der Waals surface area contributed by atoms with Gasteiger partial charge in [-0.15, -0.1) is 205 Å². The Kier molecular flexibility index (Phi) is 55.0. The molecular weight excluding hydrogens is 1450 g/mol. The van der Waals surface area contributed by atoms with Gasteiger partial charge < -0.3 is 0 Å². The molecule has 0 nitrogen and oxygen atoms in total. The Hall–Kier alpha value is 20.0. The third kappa shape index (κ3) is 24.6. The summed E-state index contributed by atoms with van der Waals surface area (Å²) in [6.07, 6.45) is 0. The molecule has 0 saturated carbocycles. The maximum absolute atomic E-state index is 3.63. The predicted octanol–water partition coefficient (Wildman–Crippen LogP) is 25.6. The second-order valence-corrected chi connectivity index (χ2v) is 187. The Balaban J connectivity index is 0. The molecule has 0 aromatic rings. The van der Waals surface area contributed by atoms with Crippen molar-refractivity contribution >= 4 is 352 Å². The van der Waals surface area contributed by atoms with Crippen molar-refractivity contribution in [2.75, 3.05) is 0 Å². The van der Waals surface area contributed by atoms with Crippen LogP contribution < -0.4 is 0 Å². The van der Waals surface area contributed by atoms with E-state index in [2.05, 4.69) is 205 Å². The van der Waals surface area contributed by atoms with E-state index in [0.717, 1.165) is 0 Å². The Morgan fingerprint density at radius 3 is 0.422 bits per heavy atom. The third-order valence-corrected chi connectivity index (χ3v) is 305. The summed E-state index contributed by atoms with van der Waals surface area (Å²) >= 11 is 0. The van der Waals surface area contributed by atoms with E-state index in [1.807, 2.05) is 0 Å². The topological polar surface area (TPSA) is 0 Å². The van der Waals surface area contributed by atoms with Crippen molar-refractivity contribution in [2.45, 2.75) is 0 Å². The van der Waals surface area contributed by atoms with E-state index in [1.165, 1.54) is 0 Å². The maximum atomic E-state index is 3.63. The maximum Gasteiger partial charge on any atom is 0 e. The fourth-order valence-electron chi connectivity index (χ4n) is 2.49. The third-order valence-electron chi connectivity index (χ3n) is 3.77. The van der Waals surface area contributed by atoms with Gasteiger partial charge in [-0.25, -0.2) is 0 Å². The average molecular weight is 1500 g/mol. The fraction of sp³-hybridized carbons (Fsp3) is 0. The van der Waals surface area contributed by atoms with Crippen molar-refractivity contribution < 1.29 is 32.7 Å². The molecule has 0 fully saturated rings. The van der Waals surface area contributed by atoms with Gasteiger partial charge >= 0.3 is 0 Å². The molecule has 25 atom stereocenters. The van der Waals surface area contributed by atoms with Crippen LogP contribution in [0.3, 0.4) is 0 Å². The summed E-state index contributed by atoms with van der Waals surface area (Å²) in [7, 11) is 78.8. The largest absolute Gasteiger partial charge is 0.102 e. The van der Waals surface area contributed by atoms with Gasteiger partial charge in [0.15, 0.2) is 0 Å². The van der Waals surface area contributed by atoms with Gasteiger partial charge in [-0.3, -0.25) is 0 Å². The molecule has 45 heavy (non-hydrogen) atoms. The summed E-state index contributed by atoms with van der Waals surface area (Å²) in [5.41, 5.74) is 0. The zero-order chi connectivity index (χ0) is 35.1. The summed E-state index contributed by atoms with van der Waals surface area (Å²) in [5, 5.41) is 0. The van der Waals surface area contributed by atoms with Crippen LogP contribution in [0.2, 0.25) is 0 Å². The molecular formula is H46P44Y. The van der Waals surface area contributed by atoms with Crippen molar-refractivity contribution in [3.8, 4) is 0 Å². The molecule has 1 radical (unpaired) electrons. The van der Waals surface area contributed by atoms with E-state index < -0.39 is 0 Å². The molecule has 0 N–H and O–H groups in total. The second kappa shape index (κ2) is 36.9. The Bertz CT molecular complexity index is 614. The van der Waals surface area contributed by atoms with Gasteiger partial charge in [-0.05, 0) is 147 Å². The zero-order valence-electron chi connectivity index (χ0n) is 23.2. The van der Waals surface area contributed by atoms with Crippen LogP contribution in [0.25, 0.3) is 0 Å². The van der Waals surface area contributed by atoms with E-state index in [-0.39, 0.29) is 179 Å². The van der Waals surface area contributed by atoms with Crippen LogP contribution in [-0.2, 0) is 32.7 Å². The summed E-state index contributed by atoms with van der Waals surface area (Å²) < 4.78 is 0. The minimum absolute atomic E-state index is 0. The molecule has 0 aromatic carbocycles. The van der Waals surface area contributed by atoms with E-state index in [4.69, 9.17) is 0 Å². The first-order valence-corrected chi connectivity index (χ1v) is 89.4.